The van der Waals surface area contributed by atoms with Crippen molar-refractivity contribution in [1.29, 1.82) is 0 Å². The first kappa shape index (κ1) is 10.3. The Labute approximate surface area is 85.2 Å². The largest absolute Gasteiger partial charge is 0.435 e. The molecule has 0 amide bonds. The third-order valence-corrected chi connectivity index (χ3v) is 2.60. The molecule has 0 spiro atoms. The lowest BCUT2D eigenvalue weighted by atomic mass is 9.91. The smallest absolute Gasteiger partial charge is 0.282 e. The normalized spacial score (nSPS) is 21.9. The Bertz CT molecular complexity index is 365. The molecular formula is C10H11F3N2. The third kappa shape index (κ3) is 2.22. The molecule has 1 N–H and O–H groups in total. The Morgan fingerprint density at radius 3 is 2.67 bits per heavy atom. The summed E-state index contributed by atoms with van der Waals surface area (Å²) in [6.45, 7) is 0. The quantitative estimate of drug-likeness (QED) is 0.717. The molecule has 1 aromatic heterocycles. The van der Waals surface area contributed by atoms with Crippen LogP contribution in [0.3, 0.4) is 0 Å². The first-order valence-electron chi connectivity index (χ1n) is 4.85. The fourth-order valence-corrected chi connectivity index (χ4v) is 1.77. The van der Waals surface area contributed by atoms with Gasteiger partial charge >= 0.3 is 6.18 Å². The van der Waals surface area contributed by atoms with Gasteiger partial charge in [-0.15, -0.1) is 0 Å². The third-order valence-electron chi connectivity index (χ3n) is 2.60. The minimum Gasteiger partial charge on any atom is -0.282 e. The molecule has 1 aromatic rings. The van der Waals surface area contributed by atoms with E-state index in [9.17, 15) is 13.2 Å². The van der Waals surface area contributed by atoms with Gasteiger partial charge in [0.05, 0.1) is 0 Å². The zero-order valence-corrected chi connectivity index (χ0v) is 8.01. The molecule has 1 atom stereocenters. The van der Waals surface area contributed by atoms with Crippen LogP contribution in [0.5, 0.6) is 0 Å². The molecule has 82 valence electrons. The van der Waals surface area contributed by atoms with Crippen LogP contribution in [0.2, 0.25) is 0 Å². The summed E-state index contributed by atoms with van der Waals surface area (Å²) in [7, 11) is 0. The first-order valence-corrected chi connectivity index (χ1v) is 4.85. The van der Waals surface area contributed by atoms with Crippen LogP contribution in [-0.4, -0.2) is 10.2 Å². The van der Waals surface area contributed by atoms with Gasteiger partial charge < -0.3 is 0 Å². The molecular weight excluding hydrogens is 205 g/mol. The number of alkyl halides is 3. The average Bonchev–Trinajstić information content (AvgIpc) is 2.67. The summed E-state index contributed by atoms with van der Waals surface area (Å²) in [5.74, 6) is 0.151. The lowest BCUT2D eigenvalue weighted by molar-refractivity contribution is -0.141. The van der Waals surface area contributed by atoms with Crippen molar-refractivity contribution in [1.82, 2.24) is 10.2 Å². The van der Waals surface area contributed by atoms with Gasteiger partial charge in [-0.3, -0.25) is 5.10 Å². The van der Waals surface area contributed by atoms with Crippen molar-refractivity contribution in [3.63, 3.8) is 0 Å². The number of hydrogen-bond acceptors (Lipinski definition) is 1. The van der Waals surface area contributed by atoms with E-state index in [0.717, 1.165) is 25.3 Å². The van der Waals surface area contributed by atoms with Crippen LogP contribution in [0.15, 0.2) is 18.2 Å². The maximum Gasteiger partial charge on any atom is 0.435 e. The fourth-order valence-electron chi connectivity index (χ4n) is 1.77. The highest BCUT2D eigenvalue weighted by Gasteiger charge is 2.34. The SMILES string of the molecule is FC(F)(F)c1cc(C2CC=CCC2)[nH]n1. The van der Waals surface area contributed by atoms with E-state index in [1.54, 1.807) is 0 Å². The summed E-state index contributed by atoms with van der Waals surface area (Å²) in [5, 5.41) is 5.77. The maximum atomic E-state index is 12.3. The minimum absolute atomic E-state index is 0.151. The monoisotopic (exact) mass is 216 g/mol. The predicted octanol–water partition coefficient (Wildman–Crippen LogP) is 3.25. The molecule has 2 rings (SSSR count). The Kier molecular flexibility index (Phi) is 2.54. The number of H-pyrrole nitrogens is 1. The molecule has 2 nitrogen and oxygen atoms in total. The van der Waals surface area contributed by atoms with Crippen molar-refractivity contribution >= 4 is 0 Å². The molecule has 0 fully saturated rings. The van der Waals surface area contributed by atoms with Gasteiger partial charge in [0.15, 0.2) is 5.69 Å². The van der Waals surface area contributed by atoms with E-state index < -0.39 is 11.9 Å². The highest BCUT2D eigenvalue weighted by Crippen LogP contribution is 2.32. The van der Waals surface area contributed by atoms with Crippen molar-refractivity contribution in [2.75, 3.05) is 0 Å². The summed E-state index contributed by atoms with van der Waals surface area (Å²) in [6.07, 6.45) is 2.31. The van der Waals surface area contributed by atoms with Gasteiger partial charge in [0.2, 0.25) is 0 Å². The van der Waals surface area contributed by atoms with Crippen LogP contribution in [-0.2, 0) is 6.18 Å². The molecule has 5 heteroatoms. The number of nitrogens with zero attached hydrogens (tertiary/aromatic N) is 1. The summed E-state index contributed by atoms with van der Waals surface area (Å²) in [4.78, 5) is 0. The number of aromatic amines is 1. The molecule has 0 saturated heterocycles. The molecule has 1 heterocycles. The second-order valence-corrected chi connectivity index (χ2v) is 3.69. The number of nitrogens with one attached hydrogen (secondary N) is 1. The highest BCUT2D eigenvalue weighted by molar-refractivity contribution is 5.17. The molecule has 1 unspecified atom stereocenters. The lowest BCUT2D eigenvalue weighted by Gasteiger charge is -2.15. The van der Waals surface area contributed by atoms with Crippen molar-refractivity contribution in [3.05, 3.63) is 29.6 Å². The van der Waals surface area contributed by atoms with Gasteiger partial charge in [0.25, 0.3) is 0 Å². The van der Waals surface area contributed by atoms with Gasteiger partial charge in [-0.1, -0.05) is 12.2 Å². The molecule has 1 aliphatic rings. The molecule has 1 aliphatic carbocycles. The Balaban J connectivity index is 2.16. The zero-order chi connectivity index (χ0) is 10.9. The summed E-state index contributed by atoms with van der Waals surface area (Å²) in [6, 6.07) is 1.11. The van der Waals surface area contributed by atoms with Crippen LogP contribution in [0.4, 0.5) is 13.2 Å². The van der Waals surface area contributed by atoms with Crippen molar-refractivity contribution < 1.29 is 13.2 Å². The van der Waals surface area contributed by atoms with Crippen LogP contribution in [0.1, 0.15) is 36.6 Å². The predicted molar refractivity (Wildman–Crippen MR) is 49.3 cm³/mol. The van der Waals surface area contributed by atoms with Crippen LogP contribution < -0.4 is 0 Å². The standard InChI is InChI=1S/C10H11F3N2/c11-10(12,13)9-6-8(14-15-9)7-4-2-1-3-5-7/h1-2,6-7H,3-5H2,(H,14,15). The van der Waals surface area contributed by atoms with E-state index in [1.165, 1.54) is 0 Å². The van der Waals surface area contributed by atoms with Crippen LogP contribution in [0.25, 0.3) is 0 Å². The van der Waals surface area contributed by atoms with Gasteiger partial charge in [-0.2, -0.15) is 18.3 Å². The number of hydrogen-bond donors (Lipinski definition) is 1. The van der Waals surface area contributed by atoms with Crippen LogP contribution in [0, 0.1) is 0 Å². The molecule has 0 saturated carbocycles. The van der Waals surface area contributed by atoms with E-state index in [-0.39, 0.29) is 5.92 Å². The van der Waals surface area contributed by atoms with Crippen molar-refractivity contribution in [2.24, 2.45) is 0 Å². The molecule has 0 radical (unpaired) electrons. The minimum atomic E-state index is -4.35. The summed E-state index contributed by atoms with van der Waals surface area (Å²) < 4.78 is 36.8. The molecule has 0 aliphatic heterocycles. The topological polar surface area (TPSA) is 28.7 Å². The Morgan fingerprint density at radius 1 is 1.33 bits per heavy atom. The van der Waals surface area contributed by atoms with Crippen molar-refractivity contribution in [2.45, 2.75) is 31.4 Å². The van der Waals surface area contributed by atoms with Gasteiger partial charge in [0.1, 0.15) is 0 Å². The van der Waals surface area contributed by atoms with E-state index in [2.05, 4.69) is 16.3 Å². The molecule has 0 bridgehead atoms. The highest BCUT2D eigenvalue weighted by atomic mass is 19.4. The van der Waals surface area contributed by atoms with Crippen molar-refractivity contribution in [3.8, 4) is 0 Å². The second-order valence-electron chi connectivity index (χ2n) is 3.69. The van der Waals surface area contributed by atoms with E-state index >= 15 is 0 Å². The van der Waals surface area contributed by atoms with Crippen LogP contribution >= 0.6 is 0 Å². The second kappa shape index (κ2) is 3.72. The summed E-state index contributed by atoms with van der Waals surface area (Å²) in [5.41, 5.74) is -0.237. The Morgan fingerprint density at radius 2 is 2.13 bits per heavy atom. The average molecular weight is 216 g/mol. The van der Waals surface area contributed by atoms with Gasteiger partial charge in [0, 0.05) is 11.6 Å². The Hall–Kier alpha value is -1.26. The van der Waals surface area contributed by atoms with E-state index in [1.807, 2.05) is 6.08 Å². The number of aromatic nitrogens is 2. The molecule has 0 aromatic carbocycles. The number of allylic oxidation sites excluding steroid dienone is 2. The number of halogens is 3. The number of rotatable bonds is 1. The molecule has 15 heavy (non-hydrogen) atoms. The van der Waals surface area contributed by atoms with Gasteiger partial charge in [-0.05, 0) is 25.3 Å². The van der Waals surface area contributed by atoms with E-state index in [0.29, 0.717) is 5.69 Å². The fraction of sp³-hybridized carbons (Fsp3) is 0.500. The first-order chi connectivity index (χ1) is 7.07. The maximum absolute atomic E-state index is 12.3. The van der Waals surface area contributed by atoms with E-state index in [4.69, 9.17) is 0 Å². The zero-order valence-electron chi connectivity index (χ0n) is 8.01. The lowest BCUT2D eigenvalue weighted by Crippen LogP contribution is -2.05. The summed E-state index contributed by atoms with van der Waals surface area (Å²) >= 11 is 0. The van der Waals surface area contributed by atoms with Gasteiger partial charge in [-0.25, -0.2) is 0 Å².